The highest BCUT2D eigenvalue weighted by Crippen LogP contribution is 2.19. The zero-order chi connectivity index (χ0) is 14.7. The zero-order valence-corrected chi connectivity index (χ0v) is 12.0. The molecule has 4 nitrogen and oxygen atoms in total. The van der Waals surface area contributed by atoms with Gasteiger partial charge in [0.1, 0.15) is 0 Å². The van der Waals surface area contributed by atoms with E-state index >= 15 is 0 Å². The maximum atomic E-state index is 12.4. The summed E-state index contributed by atoms with van der Waals surface area (Å²) in [5.74, 6) is -0.0416. The van der Waals surface area contributed by atoms with Gasteiger partial charge in [-0.1, -0.05) is 0 Å². The molecule has 0 aromatic heterocycles. The van der Waals surface area contributed by atoms with Crippen LogP contribution in [0.1, 0.15) is 10.4 Å². The van der Waals surface area contributed by atoms with Crippen molar-refractivity contribution in [2.24, 2.45) is 0 Å². The van der Waals surface area contributed by atoms with Crippen molar-refractivity contribution in [3.8, 4) is 0 Å². The highest BCUT2D eigenvalue weighted by atomic mass is 16.2. The van der Waals surface area contributed by atoms with Crippen LogP contribution in [0.5, 0.6) is 0 Å². The third-order valence-electron chi connectivity index (χ3n) is 3.22. The second kappa shape index (κ2) is 5.65. The van der Waals surface area contributed by atoms with Crippen LogP contribution in [0.4, 0.5) is 17.1 Å². The van der Waals surface area contributed by atoms with Crippen LogP contribution < -0.4 is 15.5 Å². The van der Waals surface area contributed by atoms with Crippen LogP contribution in [0.15, 0.2) is 48.5 Å². The van der Waals surface area contributed by atoms with Gasteiger partial charge < -0.3 is 15.5 Å². The number of hydrogen-bond acceptors (Lipinski definition) is 3. The third kappa shape index (κ3) is 2.91. The summed E-state index contributed by atoms with van der Waals surface area (Å²) in [6, 6.07) is 14.8. The molecular formula is C16H19N3O. The van der Waals surface area contributed by atoms with Gasteiger partial charge in [0.25, 0.3) is 5.91 Å². The first-order valence-electron chi connectivity index (χ1n) is 6.40. The van der Waals surface area contributed by atoms with Crippen LogP contribution >= 0.6 is 0 Å². The van der Waals surface area contributed by atoms with Crippen molar-refractivity contribution in [3.05, 3.63) is 54.1 Å². The number of benzene rings is 2. The lowest BCUT2D eigenvalue weighted by Gasteiger charge is -2.18. The predicted molar refractivity (Wildman–Crippen MR) is 84.4 cm³/mol. The van der Waals surface area contributed by atoms with Crippen LogP contribution in [0, 0.1) is 0 Å². The molecule has 0 unspecified atom stereocenters. The van der Waals surface area contributed by atoms with E-state index in [9.17, 15) is 4.79 Å². The highest BCUT2D eigenvalue weighted by Gasteiger charge is 2.13. The number of carbonyl (C=O) groups excluding carboxylic acids is 1. The highest BCUT2D eigenvalue weighted by molar-refractivity contribution is 6.05. The predicted octanol–water partition coefficient (Wildman–Crippen LogP) is 2.61. The van der Waals surface area contributed by atoms with Gasteiger partial charge in [-0.05, 0) is 48.5 Å². The van der Waals surface area contributed by atoms with E-state index in [1.807, 2.05) is 55.4 Å². The van der Waals surface area contributed by atoms with Crippen molar-refractivity contribution in [2.45, 2.75) is 0 Å². The molecule has 0 radical (unpaired) electrons. The molecule has 0 saturated heterocycles. The molecule has 0 atom stereocenters. The van der Waals surface area contributed by atoms with Gasteiger partial charge in [0, 0.05) is 43.8 Å². The summed E-state index contributed by atoms with van der Waals surface area (Å²) < 4.78 is 0. The number of nitrogens with zero attached hydrogens (tertiary/aromatic N) is 2. The molecule has 0 aliphatic rings. The van der Waals surface area contributed by atoms with Crippen LogP contribution in [0.2, 0.25) is 0 Å². The second-order valence-electron chi connectivity index (χ2n) is 4.90. The minimum Gasteiger partial charge on any atom is -0.399 e. The maximum Gasteiger partial charge on any atom is 0.258 e. The van der Waals surface area contributed by atoms with Crippen LogP contribution in [0.3, 0.4) is 0 Å². The Kier molecular flexibility index (Phi) is 3.94. The molecule has 2 aromatic carbocycles. The maximum absolute atomic E-state index is 12.4. The quantitative estimate of drug-likeness (QED) is 0.871. The number of carbonyl (C=O) groups is 1. The van der Waals surface area contributed by atoms with Crippen LogP contribution in [0.25, 0.3) is 0 Å². The Morgan fingerprint density at radius 1 is 0.850 bits per heavy atom. The molecule has 0 aliphatic heterocycles. The van der Waals surface area contributed by atoms with Crippen LogP contribution in [-0.2, 0) is 0 Å². The fourth-order valence-electron chi connectivity index (χ4n) is 1.91. The van der Waals surface area contributed by atoms with Crippen LogP contribution in [-0.4, -0.2) is 27.1 Å². The molecule has 2 aromatic rings. The van der Waals surface area contributed by atoms with Crippen molar-refractivity contribution in [1.82, 2.24) is 0 Å². The molecule has 2 N–H and O–H groups in total. The smallest absolute Gasteiger partial charge is 0.258 e. The molecule has 4 heteroatoms. The summed E-state index contributed by atoms with van der Waals surface area (Å²) in [5.41, 5.74) is 8.88. The third-order valence-corrected chi connectivity index (χ3v) is 3.22. The van der Waals surface area contributed by atoms with Crippen molar-refractivity contribution in [1.29, 1.82) is 0 Å². The zero-order valence-electron chi connectivity index (χ0n) is 12.0. The van der Waals surface area contributed by atoms with E-state index in [2.05, 4.69) is 0 Å². The summed E-state index contributed by atoms with van der Waals surface area (Å²) >= 11 is 0. The van der Waals surface area contributed by atoms with Gasteiger partial charge in [0.15, 0.2) is 0 Å². The summed E-state index contributed by atoms with van der Waals surface area (Å²) in [7, 11) is 5.70. The molecule has 0 bridgehead atoms. The monoisotopic (exact) mass is 269 g/mol. The van der Waals surface area contributed by atoms with Crippen molar-refractivity contribution < 1.29 is 4.79 Å². The number of rotatable bonds is 3. The number of amides is 1. The SMILES string of the molecule is CN(C)c1ccc(C(=O)N(C)c2ccc(N)cc2)cc1. The first-order valence-corrected chi connectivity index (χ1v) is 6.40. The number of nitrogens with two attached hydrogens (primary N) is 1. The molecule has 20 heavy (non-hydrogen) atoms. The number of nitrogen functional groups attached to an aromatic ring is 1. The first-order chi connectivity index (χ1) is 9.49. The molecule has 1 amide bonds. The summed E-state index contributed by atoms with van der Waals surface area (Å²) in [6.07, 6.45) is 0. The van der Waals surface area contributed by atoms with Gasteiger partial charge in [-0.2, -0.15) is 0 Å². The van der Waals surface area contributed by atoms with Gasteiger partial charge in [0.2, 0.25) is 0 Å². The molecule has 0 spiro atoms. The van der Waals surface area contributed by atoms with Crippen molar-refractivity contribution in [3.63, 3.8) is 0 Å². The van der Waals surface area contributed by atoms with E-state index in [-0.39, 0.29) is 5.91 Å². The van der Waals surface area contributed by atoms with Gasteiger partial charge in [-0.15, -0.1) is 0 Å². The number of hydrogen-bond donors (Lipinski definition) is 1. The Morgan fingerprint density at radius 3 is 1.85 bits per heavy atom. The molecule has 0 aliphatic carbocycles. The lowest BCUT2D eigenvalue weighted by Crippen LogP contribution is -2.26. The van der Waals surface area contributed by atoms with E-state index in [0.717, 1.165) is 11.4 Å². The van der Waals surface area contributed by atoms with Gasteiger partial charge >= 0.3 is 0 Å². The van der Waals surface area contributed by atoms with E-state index < -0.39 is 0 Å². The molecule has 0 fully saturated rings. The molecule has 104 valence electrons. The largest absolute Gasteiger partial charge is 0.399 e. The van der Waals surface area contributed by atoms with E-state index in [1.54, 1.807) is 24.1 Å². The molecule has 0 saturated carbocycles. The minimum atomic E-state index is -0.0416. The Hall–Kier alpha value is -2.49. The summed E-state index contributed by atoms with van der Waals surface area (Å²) in [6.45, 7) is 0. The first kappa shape index (κ1) is 13.9. The van der Waals surface area contributed by atoms with E-state index in [4.69, 9.17) is 5.73 Å². The minimum absolute atomic E-state index is 0.0416. The van der Waals surface area contributed by atoms with Gasteiger partial charge in [0.05, 0.1) is 0 Å². The fourth-order valence-corrected chi connectivity index (χ4v) is 1.91. The van der Waals surface area contributed by atoms with Gasteiger partial charge in [-0.3, -0.25) is 4.79 Å². The lowest BCUT2D eigenvalue weighted by molar-refractivity contribution is 0.0993. The Morgan fingerprint density at radius 2 is 1.35 bits per heavy atom. The fraction of sp³-hybridized carbons (Fsp3) is 0.188. The number of anilines is 3. The van der Waals surface area contributed by atoms with Crippen molar-refractivity contribution in [2.75, 3.05) is 36.7 Å². The average Bonchev–Trinajstić information content (AvgIpc) is 2.46. The average molecular weight is 269 g/mol. The normalized spacial score (nSPS) is 10.2. The molecule has 2 rings (SSSR count). The summed E-state index contributed by atoms with van der Waals surface area (Å²) in [4.78, 5) is 16.0. The second-order valence-corrected chi connectivity index (χ2v) is 4.90. The van der Waals surface area contributed by atoms with Gasteiger partial charge in [-0.25, -0.2) is 0 Å². The summed E-state index contributed by atoms with van der Waals surface area (Å²) in [5, 5.41) is 0. The molecule has 0 heterocycles. The van der Waals surface area contributed by atoms with E-state index in [0.29, 0.717) is 11.3 Å². The van der Waals surface area contributed by atoms with E-state index in [1.165, 1.54) is 0 Å². The standard InChI is InChI=1S/C16H19N3O/c1-18(2)14-8-4-12(5-9-14)16(20)19(3)15-10-6-13(17)7-11-15/h4-11H,17H2,1-3H3. The Balaban J connectivity index is 2.20. The molecular weight excluding hydrogens is 250 g/mol. The topological polar surface area (TPSA) is 49.6 Å². The Labute approximate surface area is 119 Å². The van der Waals surface area contributed by atoms with Crippen molar-refractivity contribution >= 4 is 23.0 Å². The lowest BCUT2D eigenvalue weighted by atomic mass is 10.1. The Bertz CT molecular complexity index is 588.